The summed E-state index contributed by atoms with van der Waals surface area (Å²) >= 11 is 0. The predicted octanol–water partition coefficient (Wildman–Crippen LogP) is 2.94. The van der Waals surface area contributed by atoms with Crippen LogP contribution in [0.25, 0.3) is 0 Å². The van der Waals surface area contributed by atoms with Crippen LogP contribution in [-0.2, 0) is 30.7 Å². The van der Waals surface area contributed by atoms with Crippen LogP contribution in [0, 0.1) is 0 Å². The minimum absolute atomic E-state index is 0.0147. The third kappa shape index (κ3) is 3.97. The van der Waals surface area contributed by atoms with Crippen LogP contribution < -0.4 is 5.32 Å². The Morgan fingerprint density at radius 3 is 2.62 bits per heavy atom. The highest BCUT2D eigenvalue weighted by Crippen LogP contribution is 2.23. The number of hydrogen-bond donors (Lipinski definition) is 1. The molecule has 1 saturated heterocycles. The van der Waals surface area contributed by atoms with Gasteiger partial charge in [-0.15, -0.1) is 0 Å². The fourth-order valence-corrected chi connectivity index (χ4v) is 3.88. The molecule has 1 aliphatic heterocycles. The monoisotopic (exact) mass is 350 g/mol. The largest absolute Gasteiger partial charge is 0.379 e. The molecule has 4 rings (SSSR count). The third-order valence-corrected chi connectivity index (χ3v) is 5.42. The zero-order valence-corrected chi connectivity index (χ0v) is 15.2. The van der Waals surface area contributed by atoms with Crippen molar-refractivity contribution in [3.8, 4) is 0 Å². The van der Waals surface area contributed by atoms with Gasteiger partial charge in [-0.25, -0.2) is 0 Å². The van der Waals surface area contributed by atoms with Gasteiger partial charge in [0, 0.05) is 31.7 Å². The van der Waals surface area contributed by atoms with Crippen molar-refractivity contribution in [2.45, 2.75) is 32.4 Å². The molecule has 136 valence electrons. The second-order valence-corrected chi connectivity index (χ2v) is 7.18. The molecule has 1 amide bonds. The van der Waals surface area contributed by atoms with Crippen LogP contribution in [0.15, 0.2) is 42.5 Å². The van der Waals surface area contributed by atoms with Crippen molar-refractivity contribution in [1.29, 1.82) is 0 Å². The van der Waals surface area contributed by atoms with Gasteiger partial charge in [-0.2, -0.15) is 0 Å². The standard InChI is InChI=1S/C22H26N2O2/c25-22(19-9-8-17-6-3-7-18(17)14-19)23-15-20-4-1-2-5-21(20)16-24-10-12-26-13-11-24/h1-2,4-5,8-9,14H,3,6-7,10-13,15-16H2,(H,23,25). The maximum absolute atomic E-state index is 12.6. The minimum Gasteiger partial charge on any atom is -0.379 e. The SMILES string of the molecule is O=C(NCc1ccccc1CN1CCOCC1)c1ccc2c(c1)CCC2. The van der Waals surface area contributed by atoms with Gasteiger partial charge < -0.3 is 10.1 Å². The fourth-order valence-electron chi connectivity index (χ4n) is 3.88. The van der Waals surface area contributed by atoms with Crippen LogP contribution in [0.5, 0.6) is 0 Å². The van der Waals surface area contributed by atoms with Crippen molar-refractivity contribution in [1.82, 2.24) is 10.2 Å². The third-order valence-electron chi connectivity index (χ3n) is 5.42. The van der Waals surface area contributed by atoms with Crippen molar-refractivity contribution in [3.05, 3.63) is 70.3 Å². The molecular formula is C22H26N2O2. The topological polar surface area (TPSA) is 41.6 Å². The van der Waals surface area contributed by atoms with E-state index in [0.29, 0.717) is 6.54 Å². The Labute approximate surface area is 155 Å². The van der Waals surface area contributed by atoms with Crippen LogP contribution in [0.2, 0.25) is 0 Å². The van der Waals surface area contributed by atoms with Gasteiger partial charge in [0.15, 0.2) is 0 Å². The number of carbonyl (C=O) groups excluding carboxylic acids is 1. The Bertz CT molecular complexity index is 781. The molecule has 2 aromatic carbocycles. The molecule has 26 heavy (non-hydrogen) atoms. The van der Waals surface area contributed by atoms with Crippen LogP contribution >= 0.6 is 0 Å². The number of carbonyl (C=O) groups is 1. The second kappa shape index (κ2) is 8.02. The Hall–Kier alpha value is -2.17. The number of rotatable bonds is 5. The van der Waals surface area contributed by atoms with Gasteiger partial charge in [-0.3, -0.25) is 9.69 Å². The van der Waals surface area contributed by atoms with E-state index in [9.17, 15) is 4.79 Å². The minimum atomic E-state index is 0.0147. The lowest BCUT2D eigenvalue weighted by atomic mass is 10.0. The number of nitrogens with one attached hydrogen (secondary N) is 1. The summed E-state index contributed by atoms with van der Waals surface area (Å²) in [6.07, 6.45) is 3.44. The average molecular weight is 350 g/mol. The summed E-state index contributed by atoms with van der Waals surface area (Å²) < 4.78 is 5.43. The van der Waals surface area contributed by atoms with Crippen molar-refractivity contribution in [3.63, 3.8) is 0 Å². The highest BCUT2D eigenvalue weighted by Gasteiger charge is 2.15. The smallest absolute Gasteiger partial charge is 0.251 e. The van der Waals surface area contributed by atoms with Crippen LogP contribution in [0.1, 0.15) is 39.0 Å². The molecule has 1 N–H and O–H groups in total. The number of nitrogens with zero attached hydrogens (tertiary/aromatic N) is 1. The first-order valence-electron chi connectivity index (χ1n) is 9.56. The van der Waals surface area contributed by atoms with Crippen LogP contribution in [0.3, 0.4) is 0 Å². The number of hydrogen-bond acceptors (Lipinski definition) is 3. The Morgan fingerprint density at radius 2 is 1.77 bits per heavy atom. The summed E-state index contributed by atoms with van der Waals surface area (Å²) in [5, 5.41) is 3.10. The van der Waals surface area contributed by atoms with E-state index in [1.807, 2.05) is 12.1 Å². The average Bonchev–Trinajstić information content (AvgIpc) is 3.16. The second-order valence-electron chi connectivity index (χ2n) is 7.18. The molecule has 0 spiro atoms. The van der Waals surface area contributed by atoms with E-state index in [0.717, 1.165) is 51.3 Å². The molecule has 0 saturated carbocycles. The fraction of sp³-hybridized carbons (Fsp3) is 0.409. The van der Waals surface area contributed by atoms with Gasteiger partial charge in [-0.05, 0) is 53.6 Å². The number of morpholine rings is 1. The highest BCUT2D eigenvalue weighted by atomic mass is 16.5. The molecule has 2 aromatic rings. The summed E-state index contributed by atoms with van der Waals surface area (Å²) in [6.45, 7) is 5.02. The molecule has 0 radical (unpaired) electrons. The van der Waals surface area contributed by atoms with E-state index in [4.69, 9.17) is 4.74 Å². The van der Waals surface area contributed by atoms with E-state index in [1.165, 1.54) is 28.7 Å². The quantitative estimate of drug-likeness (QED) is 0.901. The first-order chi connectivity index (χ1) is 12.8. The number of fused-ring (bicyclic) bond motifs is 1. The van der Waals surface area contributed by atoms with Crippen molar-refractivity contribution in [2.75, 3.05) is 26.3 Å². The molecule has 1 aliphatic carbocycles. The van der Waals surface area contributed by atoms with Crippen molar-refractivity contribution < 1.29 is 9.53 Å². The summed E-state index contributed by atoms with van der Waals surface area (Å²) in [5.41, 5.74) is 5.98. The lowest BCUT2D eigenvalue weighted by Gasteiger charge is -2.27. The van der Waals surface area contributed by atoms with Crippen molar-refractivity contribution >= 4 is 5.91 Å². The Balaban J connectivity index is 1.40. The normalized spacial score (nSPS) is 17.1. The number of aryl methyl sites for hydroxylation is 2. The van der Waals surface area contributed by atoms with Gasteiger partial charge >= 0.3 is 0 Å². The van der Waals surface area contributed by atoms with Gasteiger partial charge in [0.2, 0.25) is 0 Å². The maximum Gasteiger partial charge on any atom is 0.251 e. The summed E-state index contributed by atoms with van der Waals surface area (Å²) in [4.78, 5) is 15.0. The van der Waals surface area contributed by atoms with Crippen molar-refractivity contribution in [2.24, 2.45) is 0 Å². The zero-order valence-electron chi connectivity index (χ0n) is 15.2. The van der Waals surface area contributed by atoms with E-state index in [2.05, 4.69) is 40.5 Å². The maximum atomic E-state index is 12.6. The molecule has 1 fully saturated rings. The molecule has 2 aliphatic rings. The lowest BCUT2D eigenvalue weighted by Crippen LogP contribution is -2.36. The Morgan fingerprint density at radius 1 is 1.00 bits per heavy atom. The molecule has 4 nitrogen and oxygen atoms in total. The first-order valence-corrected chi connectivity index (χ1v) is 9.56. The Kier molecular flexibility index (Phi) is 5.32. The molecule has 1 heterocycles. The predicted molar refractivity (Wildman–Crippen MR) is 102 cm³/mol. The summed E-state index contributed by atoms with van der Waals surface area (Å²) in [6, 6.07) is 14.5. The molecule has 0 unspecified atom stereocenters. The summed E-state index contributed by atoms with van der Waals surface area (Å²) in [7, 11) is 0. The van der Waals surface area contributed by atoms with E-state index in [-0.39, 0.29) is 5.91 Å². The van der Waals surface area contributed by atoms with E-state index < -0.39 is 0 Å². The first kappa shape index (κ1) is 17.3. The molecule has 0 bridgehead atoms. The van der Waals surface area contributed by atoms with Crippen LogP contribution in [-0.4, -0.2) is 37.1 Å². The molecular weight excluding hydrogens is 324 g/mol. The van der Waals surface area contributed by atoms with E-state index in [1.54, 1.807) is 0 Å². The molecule has 0 atom stereocenters. The van der Waals surface area contributed by atoms with Gasteiger partial charge in [-0.1, -0.05) is 30.3 Å². The van der Waals surface area contributed by atoms with Gasteiger partial charge in [0.05, 0.1) is 13.2 Å². The van der Waals surface area contributed by atoms with E-state index >= 15 is 0 Å². The number of ether oxygens (including phenoxy) is 1. The van der Waals surface area contributed by atoms with Crippen LogP contribution in [0.4, 0.5) is 0 Å². The summed E-state index contributed by atoms with van der Waals surface area (Å²) in [5.74, 6) is 0.0147. The molecule has 0 aromatic heterocycles. The zero-order chi connectivity index (χ0) is 17.8. The lowest BCUT2D eigenvalue weighted by molar-refractivity contribution is 0.0340. The molecule has 4 heteroatoms. The van der Waals surface area contributed by atoms with Gasteiger partial charge in [0.1, 0.15) is 0 Å². The van der Waals surface area contributed by atoms with Gasteiger partial charge in [0.25, 0.3) is 5.91 Å². The number of amides is 1. The number of benzene rings is 2. The highest BCUT2D eigenvalue weighted by molar-refractivity contribution is 5.94.